The van der Waals surface area contributed by atoms with Crippen LogP contribution in [0.5, 0.6) is 5.75 Å². The van der Waals surface area contributed by atoms with Gasteiger partial charge in [0.2, 0.25) is 0 Å². The van der Waals surface area contributed by atoms with E-state index < -0.39 is 0 Å². The molecule has 0 heterocycles. The highest BCUT2D eigenvalue weighted by molar-refractivity contribution is 14.0. The molecule has 0 unspecified atom stereocenters. The summed E-state index contributed by atoms with van der Waals surface area (Å²) in [5, 5.41) is 6.69. The molecule has 2 rings (SSSR count). The Balaban J connectivity index is 0.00000338. The lowest BCUT2D eigenvalue weighted by Gasteiger charge is -2.15. The number of aliphatic imine (C=N–C) groups is 1. The molecule has 6 heteroatoms. The molecule has 1 fully saturated rings. The van der Waals surface area contributed by atoms with E-state index in [1.807, 2.05) is 18.2 Å². The molecule has 2 N–H and O–H groups in total. The van der Waals surface area contributed by atoms with Crippen LogP contribution in [0.2, 0.25) is 0 Å². The molecule has 148 valence electrons. The molecule has 1 aromatic carbocycles. The summed E-state index contributed by atoms with van der Waals surface area (Å²) in [4.78, 5) is 4.28. The number of guanidine groups is 1. The Kier molecular flexibility index (Phi) is 12.5. The minimum absolute atomic E-state index is 0. The fraction of sp³-hybridized carbons (Fsp3) is 0.650. The highest BCUT2D eigenvalue weighted by atomic mass is 127. The van der Waals surface area contributed by atoms with E-state index in [2.05, 4.69) is 28.6 Å². The van der Waals surface area contributed by atoms with Crippen molar-refractivity contribution in [3.63, 3.8) is 0 Å². The van der Waals surface area contributed by atoms with Crippen molar-refractivity contribution in [2.24, 2.45) is 10.9 Å². The van der Waals surface area contributed by atoms with Crippen molar-refractivity contribution in [3.8, 4) is 5.75 Å². The molecule has 5 nitrogen and oxygen atoms in total. The van der Waals surface area contributed by atoms with Crippen LogP contribution in [0.1, 0.15) is 44.6 Å². The summed E-state index contributed by atoms with van der Waals surface area (Å²) in [5.41, 5.74) is 1.16. The summed E-state index contributed by atoms with van der Waals surface area (Å²) in [7, 11) is 1.79. The lowest BCUT2D eigenvalue weighted by Crippen LogP contribution is -2.37. The Bertz CT molecular complexity index is 522. The van der Waals surface area contributed by atoms with Gasteiger partial charge in [-0.15, -0.1) is 24.0 Å². The topological polar surface area (TPSA) is 54.9 Å². The third-order valence-corrected chi connectivity index (χ3v) is 4.21. The maximum Gasteiger partial charge on any atom is 0.191 e. The predicted octanol–water partition coefficient (Wildman–Crippen LogP) is 3.97. The number of nitrogens with zero attached hydrogens (tertiary/aromatic N) is 1. The van der Waals surface area contributed by atoms with Crippen molar-refractivity contribution in [3.05, 3.63) is 29.8 Å². The third kappa shape index (κ3) is 9.62. The second-order valence-electron chi connectivity index (χ2n) is 6.53. The molecule has 0 saturated heterocycles. The molecule has 1 aliphatic rings. The minimum atomic E-state index is 0. The van der Waals surface area contributed by atoms with E-state index in [0.29, 0.717) is 6.54 Å². The second-order valence-corrected chi connectivity index (χ2v) is 6.53. The standard InChI is InChI=1S/C20H33N3O2.HI/c1-3-4-13-24-14-7-12-22-20(21-2)23-15-18-8-5-6-9-19(18)25-16-17-10-11-17;/h5-6,8-9,17H,3-4,7,10-16H2,1-2H3,(H2,21,22,23);1H. The lowest BCUT2D eigenvalue weighted by atomic mass is 10.2. The van der Waals surface area contributed by atoms with Gasteiger partial charge in [-0.2, -0.15) is 0 Å². The Morgan fingerprint density at radius 1 is 1.15 bits per heavy atom. The summed E-state index contributed by atoms with van der Waals surface area (Å²) in [6.07, 6.45) is 5.91. The van der Waals surface area contributed by atoms with Crippen LogP contribution in [-0.2, 0) is 11.3 Å². The first-order valence-electron chi connectivity index (χ1n) is 9.56. The van der Waals surface area contributed by atoms with E-state index in [-0.39, 0.29) is 24.0 Å². The molecule has 1 aliphatic carbocycles. The summed E-state index contributed by atoms with van der Waals surface area (Å²) < 4.78 is 11.5. The van der Waals surface area contributed by atoms with Gasteiger partial charge in [0.1, 0.15) is 5.75 Å². The Morgan fingerprint density at radius 3 is 2.65 bits per heavy atom. The zero-order chi connectivity index (χ0) is 17.7. The third-order valence-electron chi connectivity index (χ3n) is 4.21. The molecule has 0 radical (unpaired) electrons. The van der Waals surface area contributed by atoms with Crippen molar-refractivity contribution in [1.29, 1.82) is 0 Å². The zero-order valence-corrected chi connectivity index (χ0v) is 18.5. The quantitative estimate of drug-likeness (QED) is 0.208. The molecule has 0 aliphatic heterocycles. The maximum absolute atomic E-state index is 5.96. The minimum Gasteiger partial charge on any atom is -0.493 e. The van der Waals surface area contributed by atoms with Crippen LogP contribution >= 0.6 is 24.0 Å². The van der Waals surface area contributed by atoms with Crippen LogP contribution in [0.15, 0.2) is 29.3 Å². The number of unbranched alkanes of at least 4 members (excludes halogenated alkanes) is 1. The molecule has 26 heavy (non-hydrogen) atoms. The van der Waals surface area contributed by atoms with Gasteiger partial charge in [0.25, 0.3) is 0 Å². The van der Waals surface area contributed by atoms with Crippen LogP contribution in [0, 0.1) is 5.92 Å². The van der Waals surface area contributed by atoms with Crippen LogP contribution < -0.4 is 15.4 Å². The molecule has 1 saturated carbocycles. The maximum atomic E-state index is 5.96. The van der Waals surface area contributed by atoms with Gasteiger partial charge < -0.3 is 20.1 Å². The van der Waals surface area contributed by atoms with Gasteiger partial charge in [-0.05, 0) is 37.7 Å². The number of halogens is 1. The number of hydrogen-bond donors (Lipinski definition) is 2. The molecule has 0 amide bonds. The monoisotopic (exact) mass is 475 g/mol. The molecule has 1 aromatic rings. The highest BCUT2D eigenvalue weighted by Crippen LogP contribution is 2.30. The van der Waals surface area contributed by atoms with Crippen molar-refractivity contribution >= 4 is 29.9 Å². The van der Waals surface area contributed by atoms with Gasteiger partial charge in [0.05, 0.1) is 6.61 Å². The summed E-state index contributed by atoms with van der Waals surface area (Å²) in [6, 6.07) is 8.22. The zero-order valence-electron chi connectivity index (χ0n) is 16.1. The predicted molar refractivity (Wildman–Crippen MR) is 119 cm³/mol. The molecular formula is C20H34IN3O2. The number of benzene rings is 1. The first-order chi connectivity index (χ1) is 12.3. The Hall–Kier alpha value is -1.02. The molecule has 0 atom stereocenters. The molecule has 0 spiro atoms. The molecule has 0 aromatic heterocycles. The SMILES string of the molecule is CCCCOCCCNC(=NC)NCc1ccccc1OCC1CC1.I. The van der Waals surface area contributed by atoms with E-state index in [1.165, 1.54) is 19.3 Å². The summed E-state index contributed by atoms with van der Waals surface area (Å²) in [6.45, 7) is 6.22. The number of rotatable bonds is 12. The van der Waals surface area contributed by atoms with Crippen LogP contribution in [0.25, 0.3) is 0 Å². The fourth-order valence-corrected chi connectivity index (χ4v) is 2.41. The Morgan fingerprint density at radius 2 is 1.92 bits per heavy atom. The van der Waals surface area contributed by atoms with Gasteiger partial charge >= 0.3 is 0 Å². The van der Waals surface area contributed by atoms with Gasteiger partial charge in [-0.3, -0.25) is 4.99 Å². The van der Waals surface area contributed by atoms with E-state index >= 15 is 0 Å². The van der Waals surface area contributed by atoms with Gasteiger partial charge in [-0.25, -0.2) is 0 Å². The van der Waals surface area contributed by atoms with Crippen LogP contribution in [0.4, 0.5) is 0 Å². The molecular weight excluding hydrogens is 441 g/mol. The van der Waals surface area contributed by atoms with Crippen molar-refractivity contribution < 1.29 is 9.47 Å². The average Bonchev–Trinajstić information content (AvgIpc) is 3.47. The number of para-hydroxylation sites is 1. The number of nitrogens with one attached hydrogen (secondary N) is 2. The van der Waals surface area contributed by atoms with Crippen LogP contribution in [0.3, 0.4) is 0 Å². The normalized spacial score (nSPS) is 13.8. The van der Waals surface area contributed by atoms with Gasteiger partial charge in [0, 0.05) is 38.9 Å². The van der Waals surface area contributed by atoms with E-state index in [1.54, 1.807) is 7.05 Å². The van der Waals surface area contributed by atoms with Gasteiger partial charge in [0.15, 0.2) is 5.96 Å². The molecule has 0 bridgehead atoms. The van der Waals surface area contributed by atoms with Gasteiger partial charge in [-0.1, -0.05) is 31.5 Å². The summed E-state index contributed by atoms with van der Waals surface area (Å²) in [5.74, 6) is 2.54. The van der Waals surface area contributed by atoms with Crippen molar-refractivity contribution in [2.75, 3.05) is 33.4 Å². The largest absolute Gasteiger partial charge is 0.493 e. The number of ether oxygens (including phenoxy) is 2. The smallest absolute Gasteiger partial charge is 0.191 e. The van der Waals surface area contributed by atoms with Crippen molar-refractivity contribution in [1.82, 2.24) is 10.6 Å². The van der Waals surface area contributed by atoms with E-state index in [0.717, 1.165) is 62.4 Å². The summed E-state index contributed by atoms with van der Waals surface area (Å²) >= 11 is 0. The van der Waals surface area contributed by atoms with Crippen LogP contribution in [-0.4, -0.2) is 39.4 Å². The highest BCUT2D eigenvalue weighted by Gasteiger charge is 2.22. The lowest BCUT2D eigenvalue weighted by molar-refractivity contribution is 0.129. The second kappa shape index (κ2) is 14.1. The van der Waals surface area contributed by atoms with E-state index in [9.17, 15) is 0 Å². The first kappa shape index (κ1) is 23.0. The Labute approximate surface area is 175 Å². The first-order valence-corrected chi connectivity index (χ1v) is 9.56. The fourth-order valence-electron chi connectivity index (χ4n) is 2.41. The number of hydrogen-bond acceptors (Lipinski definition) is 3. The average molecular weight is 475 g/mol. The van der Waals surface area contributed by atoms with Crippen molar-refractivity contribution in [2.45, 2.75) is 45.6 Å². The van der Waals surface area contributed by atoms with E-state index in [4.69, 9.17) is 9.47 Å².